The van der Waals surface area contributed by atoms with E-state index in [4.69, 9.17) is 14.6 Å². The fourth-order valence-electron chi connectivity index (χ4n) is 3.02. The Balaban J connectivity index is 1.40. The van der Waals surface area contributed by atoms with Gasteiger partial charge in [-0.15, -0.1) is 0 Å². The maximum atomic E-state index is 10.8. The van der Waals surface area contributed by atoms with Crippen molar-refractivity contribution < 1.29 is 19.4 Å². The molecule has 90 valence electrons. The maximum absolute atomic E-state index is 10.8. The van der Waals surface area contributed by atoms with Gasteiger partial charge >= 0.3 is 5.97 Å². The first kappa shape index (κ1) is 10.5. The Bertz CT molecular complexity index is 297. The minimum absolute atomic E-state index is 0.0339. The Morgan fingerprint density at radius 2 is 2.31 bits per heavy atom. The topological polar surface area (TPSA) is 55.8 Å². The van der Waals surface area contributed by atoms with Gasteiger partial charge in [0.1, 0.15) is 0 Å². The Hall–Kier alpha value is -0.610. The molecule has 1 heterocycles. The zero-order chi connectivity index (χ0) is 11.2. The van der Waals surface area contributed by atoms with Crippen LogP contribution in [0.4, 0.5) is 0 Å². The van der Waals surface area contributed by atoms with Gasteiger partial charge in [0.15, 0.2) is 6.29 Å². The quantitative estimate of drug-likeness (QED) is 0.791. The average molecular weight is 226 g/mol. The van der Waals surface area contributed by atoms with Crippen LogP contribution in [0, 0.1) is 17.3 Å². The van der Waals surface area contributed by atoms with E-state index in [9.17, 15) is 4.79 Å². The minimum atomic E-state index is -0.628. The first-order valence-electron chi connectivity index (χ1n) is 6.18. The summed E-state index contributed by atoms with van der Waals surface area (Å²) < 4.78 is 11.2. The molecule has 4 atom stereocenters. The second kappa shape index (κ2) is 3.70. The van der Waals surface area contributed by atoms with Crippen molar-refractivity contribution in [3.05, 3.63) is 0 Å². The van der Waals surface area contributed by atoms with E-state index in [0.29, 0.717) is 12.5 Å². The molecular weight excluding hydrogens is 208 g/mol. The van der Waals surface area contributed by atoms with Crippen LogP contribution in [-0.2, 0) is 14.3 Å². The number of hydrogen-bond acceptors (Lipinski definition) is 3. The molecule has 1 aliphatic heterocycles. The molecule has 3 rings (SSSR count). The van der Waals surface area contributed by atoms with Gasteiger partial charge in [-0.05, 0) is 43.4 Å². The molecule has 0 bridgehead atoms. The van der Waals surface area contributed by atoms with Crippen molar-refractivity contribution >= 4 is 5.97 Å². The van der Waals surface area contributed by atoms with Crippen LogP contribution in [0.25, 0.3) is 0 Å². The highest BCUT2D eigenvalue weighted by molar-refractivity contribution is 5.76. The van der Waals surface area contributed by atoms with Crippen molar-refractivity contribution in [1.29, 1.82) is 0 Å². The second-order valence-electron chi connectivity index (χ2n) is 5.36. The van der Waals surface area contributed by atoms with Crippen molar-refractivity contribution in [3.63, 3.8) is 0 Å². The van der Waals surface area contributed by atoms with Crippen LogP contribution in [0.15, 0.2) is 0 Å². The van der Waals surface area contributed by atoms with Gasteiger partial charge in [0.2, 0.25) is 0 Å². The molecule has 2 saturated carbocycles. The summed E-state index contributed by atoms with van der Waals surface area (Å²) in [5, 5.41) is 8.90. The van der Waals surface area contributed by atoms with Crippen LogP contribution >= 0.6 is 0 Å². The minimum Gasteiger partial charge on any atom is -0.481 e. The summed E-state index contributed by atoms with van der Waals surface area (Å²) in [4.78, 5) is 10.8. The lowest BCUT2D eigenvalue weighted by molar-refractivity contribution is -0.165. The molecule has 4 nitrogen and oxygen atoms in total. The molecule has 1 N–H and O–H groups in total. The van der Waals surface area contributed by atoms with E-state index in [0.717, 1.165) is 32.3 Å². The fourth-order valence-corrected chi connectivity index (χ4v) is 3.02. The summed E-state index contributed by atoms with van der Waals surface area (Å²) in [7, 11) is 0. The predicted octanol–water partition coefficient (Wildman–Crippen LogP) is 1.64. The Labute approximate surface area is 94.9 Å². The number of ether oxygens (including phenoxy) is 2. The van der Waals surface area contributed by atoms with Crippen molar-refractivity contribution in [1.82, 2.24) is 0 Å². The molecule has 0 radical (unpaired) electrons. The molecule has 3 aliphatic rings. The summed E-state index contributed by atoms with van der Waals surface area (Å²) in [5.74, 6) is -0.246. The number of carbonyl (C=O) groups is 1. The molecule has 4 heteroatoms. The Kier molecular flexibility index (Phi) is 2.44. The normalized spacial score (nSPS) is 45.6. The van der Waals surface area contributed by atoms with Crippen LogP contribution < -0.4 is 0 Å². The van der Waals surface area contributed by atoms with Gasteiger partial charge in [-0.1, -0.05) is 0 Å². The summed E-state index contributed by atoms with van der Waals surface area (Å²) in [6, 6.07) is 0. The first-order chi connectivity index (χ1) is 7.72. The largest absolute Gasteiger partial charge is 0.481 e. The van der Waals surface area contributed by atoms with Crippen LogP contribution in [0.2, 0.25) is 0 Å². The molecule has 2 aliphatic carbocycles. The highest BCUT2D eigenvalue weighted by Gasteiger charge is 2.73. The second-order valence-corrected chi connectivity index (χ2v) is 5.36. The van der Waals surface area contributed by atoms with Crippen molar-refractivity contribution in [2.45, 2.75) is 38.4 Å². The van der Waals surface area contributed by atoms with Crippen LogP contribution in [0.5, 0.6) is 0 Å². The molecular formula is C12H18O4. The first-order valence-corrected chi connectivity index (χ1v) is 6.18. The van der Waals surface area contributed by atoms with E-state index in [1.807, 2.05) is 0 Å². The van der Waals surface area contributed by atoms with Gasteiger partial charge in [-0.2, -0.15) is 0 Å². The van der Waals surface area contributed by atoms with E-state index in [1.165, 1.54) is 6.42 Å². The van der Waals surface area contributed by atoms with Gasteiger partial charge in [-0.25, -0.2) is 0 Å². The van der Waals surface area contributed by atoms with Crippen LogP contribution in [0.3, 0.4) is 0 Å². The molecule has 1 spiro atoms. The van der Waals surface area contributed by atoms with E-state index in [2.05, 4.69) is 0 Å². The number of hydrogen-bond donors (Lipinski definition) is 1. The third-order valence-corrected chi connectivity index (χ3v) is 4.32. The predicted molar refractivity (Wildman–Crippen MR) is 55.8 cm³/mol. The van der Waals surface area contributed by atoms with Gasteiger partial charge < -0.3 is 14.6 Å². The molecule has 0 amide bonds. The smallest absolute Gasteiger partial charge is 0.307 e. The number of rotatable bonds is 4. The van der Waals surface area contributed by atoms with E-state index >= 15 is 0 Å². The molecule has 1 saturated heterocycles. The number of aliphatic carboxylic acids is 1. The van der Waals surface area contributed by atoms with Crippen molar-refractivity contribution in [3.8, 4) is 0 Å². The summed E-state index contributed by atoms with van der Waals surface area (Å²) in [6.07, 6.45) is 5.17. The highest BCUT2D eigenvalue weighted by atomic mass is 16.7. The summed E-state index contributed by atoms with van der Waals surface area (Å²) in [6.45, 7) is 1.49. The third-order valence-electron chi connectivity index (χ3n) is 4.32. The van der Waals surface area contributed by atoms with Gasteiger partial charge in [0.05, 0.1) is 12.5 Å². The molecule has 0 aromatic rings. The SMILES string of the molecule is O=C(O)[C@H]1C[C@]12C[C@H]2COC1CCCCO1. The maximum Gasteiger partial charge on any atom is 0.307 e. The van der Waals surface area contributed by atoms with Gasteiger partial charge in [0.25, 0.3) is 0 Å². The van der Waals surface area contributed by atoms with E-state index in [-0.39, 0.29) is 17.6 Å². The van der Waals surface area contributed by atoms with E-state index < -0.39 is 5.97 Å². The molecule has 1 unspecified atom stereocenters. The molecule has 3 fully saturated rings. The Morgan fingerprint density at radius 1 is 1.44 bits per heavy atom. The van der Waals surface area contributed by atoms with Crippen LogP contribution in [0.1, 0.15) is 32.1 Å². The monoisotopic (exact) mass is 226 g/mol. The third kappa shape index (κ3) is 1.74. The van der Waals surface area contributed by atoms with Gasteiger partial charge in [-0.3, -0.25) is 4.79 Å². The Morgan fingerprint density at radius 3 is 2.94 bits per heavy atom. The molecule has 0 aromatic carbocycles. The molecule has 0 aromatic heterocycles. The standard InChI is InChI=1S/C12H18O4/c13-11(14)9-6-12(9)5-8(12)7-16-10-3-1-2-4-15-10/h8-10H,1-7H2,(H,13,14)/t8-,9+,10?,12-/m0/s1. The zero-order valence-corrected chi connectivity index (χ0v) is 9.35. The van der Waals surface area contributed by atoms with Crippen molar-refractivity contribution in [2.75, 3.05) is 13.2 Å². The van der Waals surface area contributed by atoms with Gasteiger partial charge in [0, 0.05) is 6.61 Å². The fraction of sp³-hybridized carbons (Fsp3) is 0.917. The summed E-state index contributed by atoms with van der Waals surface area (Å²) in [5.41, 5.74) is 0.125. The van der Waals surface area contributed by atoms with E-state index in [1.54, 1.807) is 0 Å². The lowest BCUT2D eigenvalue weighted by Gasteiger charge is -2.22. The van der Waals surface area contributed by atoms with Crippen molar-refractivity contribution in [2.24, 2.45) is 17.3 Å². The lowest BCUT2D eigenvalue weighted by Crippen LogP contribution is -2.23. The lowest BCUT2D eigenvalue weighted by atomic mass is 10.2. The number of carboxylic acid groups (broad SMARTS) is 1. The summed E-state index contributed by atoms with van der Waals surface area (Å²) >= 11 is 0. The molecule has 16 heavy (non-hydrogen) atoms. The highest BCUT2D eigenvalue weighted by Crippen LogP contribution is 2.74. The van der Waals surface area contributed by atoms with Crippen LogP contribution in [-0.4, -0.2) is 30.6 Å². The zero-order valence-electron chi connectivity index (χ0n) is 9.35. The average Bonchev–Trinajstić information content (AvgIpc) is 3.17. The number of carboxylic acids is 1.